The fourth-order valence-corrected chi connectivity index (χ4v) is 2.81. The Morgan fingerprint density at radius 1 is 1.05 bits per heavy atom. The molecular formula is C18H21ClFN. The molecule has 0 amide bonds. The van der Waals surface area contributed by atoms with Crippen molar-refractivity contribution in [1.29, 1.82) is 0 Å². The number of nitrogens with one attached hydrogen (secondary N) is 1. The maximum absolute atomic E-state index is 14.3. The Bertz CT molecular complexity index is 652. The minimum absolute atomic E-state index is 0.199. The molecule has 1 N–H and O–H groups in total. The summed E-state index contributed by atoms with van der Waals surface area (Å²) < 4.78 is 14.3. The quantitative estimate of drug-likeness (QED) is 0.828. The predicted molar refractivity (Wildman–Crippen MR) is 87.6 cm³/mol. The van der Waals surface area contributed by atoms with E-state index in [1.54, 1.807) is 6.07 Å². The molecule has 0 aliphatic heterocycles. The number of benzene rings is 2. The van der Waals surface area contributed by atoms with Crippen molar-refractivity contribution in [3.05, 3.63) is 69.0 Å². The van der Waals surface area contributed by atoms with E-state index in [1.165, 1.54) is 0 Å². The first kappa shape index (κ1) is 16.0. The van der Waals surface area contributed by atoms with Gasteiger partial charge in [0.15, 0.2) is 0 Å². The fraction of sp³-hybridized carbons (Fsp3) is 0.333. The molecular weight excluding hydrogens is 285 g/mol. The van der Waals surface area contributed by atoms with Crippen LogP contribution in [-0.4, -0.2) is 6.54 Å². The molecule has 112 valence electrons. The fourth-order valence-electron chi connectivity index (χ4n) is 2.48. The molecule has 0 aliphatic carbocycles. The van der Waals surface area contributed by atoms with Crippen LogP contribution in [-0.2, 0) is 0 Å². The first-order chi connectivity index (χ1) is 9.93. The van der Waals surface area contributed by atoms with E-state index < -0.39 is 0 Å². The number of rotatable bonds is 4. The summed E-state index contributed by atoms with van der Waals surface area (Å²) in [4.78, 5) is 0. The van der Waals surface area contributed by atoms with Crippen LogP contribution in [0.5, 0.6) is 0 Å². The molecule has 0 aromatic heterocycles. The van der Waals surface area contributed by atoms with E-state index in [9.17, 15) is 4.39 Å². The topological polar surface area (TPSA) is 12.0 Å². The third-order valence-electron chi connectivity index (χ3n) is 3.80. The molecule has 0 spiro atoms. The predicted octanol–water partition coefficient (Wildman–Crippen LogP) is 5.10. The Labute approximate surface area is 131 Å². The lowest BCUT2D eigenvalue weighted by molar-refractivity contribution is 0.558. The van der Waals surface area contributed by atoms with Gasteiger partial charge in [0.05, 0.1) is 6.04 Å². The van der Waals surface area contributed by atoms with Crippen LogP contribution in [0.1, 0.15) is 40.8 Å². The van der Waals surface area contributed by atoms with Gasteiger partial charge >= 0.3 is 0 Å². The zero-order chi connectivity index (χ0) is 15.6. The Balaban J connectivity index is 2.55. The van der Waals surface area contributed by atoms with Gasteiger partial charge in [-0.15, -0.1) is 0 Å². The van der Waals surface area contributed by atoms with E-state index in [1.807, 2.05) is 52.0 Å². The second kappa shape index (κ2) is 6.59. The third kappa shape index (κ3) is 3.45. The molecule has 21 heavy (non-hydrogen) atoms. The Kier molecular flexibility index (Phi) is 5.02. The summed E-state index contributed by atoms with van der Waals surface area (Å²) in [6.07, 6.45) is 0. The van der Waals surface area contributed by atoms with Gasteiger partial charge in [-0.2, -0.15) is 0 Å². The van der Waals surface area contributed by atoms with E-state index >= 15 is 0 Å². The van der Waals surface area contributed by atoms with Crippen LogP contribution in [0.15, 0.2) is 30.3 Å². The van der Waals surface area contributed by atoms with Crippen LogP contribution in [0.2, 0.25) is 5.02 Å². The van der Waals surface area contributed by atoms with Crippen LogP contribution in [0.4, 0.5) is 4.39 Å². The molecule has 0 heterocycles. The van der Waals surface area contributed by atoms with Gasteiger partial charge in [0.2, 0.25) is 0 Å². The van der Waals surface area contributed by atoms with Crippen molar-refractivity contribution in [3.8, 4) is 0 Å². The van der Waals surface area contributed by atoms with Gasteiger partial charge in [-0.05, 0) is 61.7 Å². The van der Waals surface area contributed by atoms with Crippen LogP contribution < -0.4 is 5.32 Å². The average Bonchev–Trinajstić information content (AvgIpc) is 2.41. The summed E-state index contributed by atoms with van der Waals surface area (Å²) in [5.74, 6) is -0.199. The van der Waals surface area contributed by atoms with Gasteiger partial charge in [0.1, 0.15) is 5.82 Å². The second-order valence-electron chi connectivity index (χ2n) is 5.47. The second-order valence-corrected chi connectivity index (χ2v) is 5.88. The van der Waals surface area contributed by atoms with Crippen LogP contribution in [0.3, 0.4) is 0 Å². The molecule has 2 rings (SSSR count). The zero-order valence-electron chi connectivity index (χ0n) is 12.9. The van der Waals surface area contributed by atoms with E-state index in [-0.39, 0.29) is 11.9 Å². The Morgan fingerprint density at radius 2 is 1.71 bits per heavy atom. The van der Waals surface area contributed by atoms with E-state index in [0.29, 0.717) is 10.6 Å². The molecule has 0 fully saturated rings. The van der Waals surface area contributed by atoms with Crippen molar-refractivity contribution < 1.29 is 4.39 Å². The van der Waals surface area contributed by atoms with Crippen LogP contribution in [0, 0.1) is 26.6 Å². The molecule has 1 unspecified atom stereocenters. The minimum Gasteiger partial charge on any atom is -0.306 e. The lowest BCUT2D eigenvalue weighted by atomic mass is 9.94. The van der Waals surface area contributed by atoms with E-state index in [0.717, 1.165) is 28.8 Å². The van der Waals surface area contributed by atoms with Crippen molar-refractivity contribution >= 4 is 11.6 Å². The molecule has 1 atom stereocenters. The highest BCUT2D eigenvalue weighted by molar-refractivity contribution is 6.31. The first-order valence-electron chi connectivity index (χ1n) is 7.20. The third-order valence-corrected chi connectivity index (χ3v) is 4.13. The summed E-state index contributed by atoms with van der Waals surface area (Å²) in [7, 11) is 0. The molecule has 0 saturated heterocycles. The monoisotopic (exact) mass is 305 g/mol. The van der Waals surface area contributed by atoms with Crippen molar-refractivity contribution in [1.82, 2.24) is 5.32 Å². The maximum Gasteiger partial charge on any atom is 0.128 e. The van der Waals surface area contributed by atoms with Crippen molar-refractivity contribution in [2.75, 3.05) is 6.54 Å². The van der Waals surface area contributed by atoms with E-state index in [2.05, 4.69) is 5.32 Å². The van der Waals surface area contributed by atoms with Gasteiger partial charge < -0.3 is 5.32 Å². The molecule has 2 aromatic carbocycles. The van der Waals surface area contributed by atoms with Crippen LogP contribution >= 0.6 is 11.6 Å². The molecule has 0 saturated carbocycles. The lowest BCUT2D eigenvalue weighted by Crippen LogP contribution is -2.23. The first-order valence-corrected chi connectivity index (χ1v) is 7.58. The van der Waals surface area contributed by atoms with Gasteiger partial charge in [-0.3, -0.25) is 0 Å². The molecule has 2 aromatic rings. The average molecular weight is 306 g/mol. The van der Waals surface area contributed by atoms with Crippen molar-refractivity contribution in [3.63, 3.8) is 0 Å². The van der Waals surface area contributed by atoms with Gasteiger partial charge in [-0.25, -0.2) is 4.39 Å². The molecule has 1 nitrogen and oxygen atoms in total. The number of aryl methyl sites for hydroxylation is 3. The molecule has 0 aliphatic rings. The smallest absolute Gasteiger partial charge is 0.128 e. The zero-order valence-corrected chi connectivity index (χ0v) is 13.7. The maximum atomic E-state index is 14.3. The Morgan fingerprint density at radius 3 is 2.33 bits per heavy atom. The Hall–Kier alpha value is -1.38. The van der Waals surface area contributed by atoms with Crippen molar-refractivity contribution in [2.24, 2.45) is 0 Å². The van der Waals surface area contributed by atoms with E-state index in [4.69, 9.17) is 11.6 Å². The highest BCUT2D eigenvalue weighted by atomic mass is 35.5. The van der Waals surface area contributed by atoms with Gasteiger partial charge in [0.25, 0.3) is 0 Å². The summed E-state index contributed by atoms with van der Waals surface area (Å²) in [6.45, 7) is 8.71. The molecule has 0 bridgehead atoms. The highest BCUT2D eigenvalue weighted by Gasteiger charge is 2.20. The standard InChI is InChI=1S/C18H21ClFN/c1-5-21-18(14-7-6-11(2)8-17(14)20)15-9-12(3)13(4)10-16(15)19/h6-10,18,21H,5H2,1-4H3. The summed E-state index contributed by atoms with van der Waals surface area (Å²) >= 11 is 6.40. The lowest BCUT2D eigenvalue weighted by Gasteiger charge is -2.22. The number of halogens is 2. The van der Waals surface area contributed by atoms with Crippen molar-refractivity contribution in [2.45, 2.75) is 33.7 Å². The molecule has 0 radical (unpaired) electrons. The summed E-state index contributed by atoms with van der Waals surface area (Å²) in [6, 6.07) is 9.09. The normalized spacial score (nSPS) is 12.5. The highest BCUT2D eigenvalue weighted by Crippen LogP contribution is 2.32. The SMILES string of the molecule is CCNC(c1ccc(C)cc1F)c1cc(C)c(C)cc1Cl. The number of hydrogen-bond acceptors (Lipinski definition) is 1. The summed E-state index contributed by atoms with van der Waals surface area (Å²) in [5, 5.41) is 4.01. The minimum atomic E-state index is -0.234. The summed E-state index contributed by atoms with van der Waals surface area (Å²) in [5.41, 5.74) is 4.77. The van der Waals surface area contributed by atoms with Crippen LogP contribution in [0.25, 0.3) is 0 Å². The molecule has 3 heteroatoms. The largest absolute Gasteiger partial charge is 0.306 e. The number of hydrogen-bond donors (Lipinski definition) is 1. The van der Waals surface area contributed by atoms with Gasteiger partial charge in [0, 0.05) is 10.6 Å². The van der Waals surface area contributed by atoms with Gasteiger partial charge in [-0.1, -0.05) is 36.7 Å².